The van der Waals surface area contributed by atoms with Crippen LogP contribution in [0.1, 0.15) is 59.3 Å². The van der Waals surface area contributed by atoms with Crippen LogP contribution >= 0.6 is 0 Å². The molecule has 0 spiro atoms. The van der Waals surface area contributed by atoms with E-state index in [0.717, 1.165) is 19.4 Å². The second kappa shape index (κ2) is 4.97. The van der Waals surface area contributed by atoms with Gasteiger partial charge in [0.05, 0.1) is 12.2 Å². The van der Waals surface area contributed by atoms with Gasteiger partial charge >= 0.3 is 0 Å². The van der Waals surface area contributed by atoms with Crippen molar-refractivity contribution >= 4 is 5.91 Å². The van der Waals surface area contributed by atoms with Crippen LogP contribution in [-0.2, 0) is 4.79 Å². The Morgan fingerprint density at radius 3 is 2.59 bits per heavy atom. The Labute approximate surface area is 105 Å². The van der Waals surface area contributed by atoms with Crippen LogP contribution in [-0.4, -0.2) is 29.6 Å². The molecule has 17 heavy (non-hydrogen) atoms. The highest BCUT2D eigenvalue weighted by Crippen LogP contribution is 2.50. The fraction of sp³-hybridized carbons (Fsp3) is 0.929. The summed E-state index contributed by atoms with van der Waals surface area (Å²) in [5, 5.41) is 3.42. The molecule has 1 aliphatic carbocycles. The Kier molecular flexibility index (Phi) is 3.76. The summed E-state index contributed by atoms with van der Waals surface area (Å²) in [4.78, 5) is 14.4. The van der Waals surface area contributed by atoms with Gasteiger partial charge < -0.3 is 4.90 Å². The summed E-state index contributed by atoms with van der Waals surface area (Å²) in [5.41, 5.74) is 0.474. The number of carbonyl (C=O) groups excluding carboxylic acids is 1. The van der Waals surface area contributed by atoms with Crippen LogP contribution in [0.5, 0.6) is 0 Å². The van der Waals surface area contributed by atoms with Gasteiger partial charge in [-0.2, -0.15) is 0 Å². The lowest BCUT2D eigenvalue weighted by Crippen LogP contribution is -2.39. The molecular formula is C14H26N2O. The molecule has 1 amide bonds. The van der Waals surface area contributed by atoms with Crippen LogP contribution in [0.25, 0.3) is 0 Å². The quantitative estimate of drug-likeness (QED) is 0.771. The van der Waals surface area contributed by atoms with Crippen LogP contribution in [0, 0.1) is 5.41 Å². The minimum Gasteiger partial charge on any atom is -0.326 e. The average molecular weight is 238 g/mol. The summed E-state index contributed by atoms with van der Waals surface area (Å²) in [6.45, 7) is 7.48. The lowest BCUT2D eigenvalue weighted by atomic mass is 10.00. The highest BCUT2D eigenvalue weighted by molar-refractivity contribution is 5.84. The normalized spacial score (nSPS) is 31.0. The Hall–Kier alpha value is -0.570. The van der Waals surface area contributed by atoms with Crippen molar-refractivity contribution in [1.82, 2.24) is 10.2 Å². The molecule has 2 atom stereocenters. The van der Waals surface area contributed by atoms with E-state index in [9.17, 15) is 4.79 Å². The van der Waals surface area contributed by atoms with E-state index < -0.39 is 0 Å². The molecule has 2 fully saturated rings. The summed E-state index contributed by atoms with van der Waals surface area (Å²) >= 11 is 0. The smallest absolute Gasteiger partial charge is 0.241 e. The summed E-state index contributed by atoms with van der Waals surface area (Å²) in [6, 6.07) is 0.0763. The largest absolute Gasteiger partial charge is 0.326 e. The number of carbonyl (C=O) groups is 1. The van der Waals surface area contributed by atoms with Gasteiger partial charge in [0.15, 0.2) is 0 Å². The van der Waals surface area contributed by atoms with Crippen molar-refractivity contribution in [3.05, 3.63) is 0 Å². The fourth-order valence-corrected chi connectivity index (χ4v) is 3.11. The zero-order valence-corrected chi connectivity index (χ0v) is 11.5. The van der Waals surface area contributed by atoms with E-state index in [1.165, 1.54) is 25.7 Å². The van der Waals surface area contributed by atoms with Crippen LogP contribution in [0.2, 0.25) is 0 Å². The number of rotatable bonds is 6. The van der Waals surface area contributed by atoms with Gasteiger partial charge in [0, 0.05) is 6.54 Å². The van der Waals surface area contributed by atoms with E-state index in [1.54, 1.807) is 0 Å². The van der Waals surface area contributed by atoms with E-state index in [-0.39, 0.29) is 12.2 Å². The van der Waals surface area contributed by atoms with Crippen molar-refractivity contribution in [1.29, 1.82) is 0 Å². The maximum absolute atomic E-state index is 12.3. The number of amides is 1. The fourth-order valence-electron chi connectivity index (χ4n) is 3.11. The molecule has 98 valence electrons. The molecule has 2 unspecified atom stereocenters. The molecule has 1 heterocycles. The summed E-state index contributed by atoms with van der Waals surface area (Å²) in [7, 11) is 0. The molecule has 1 saturated carbocycles. The minimum atomic E-state index is 0.0763. The van der Waals surface area contributed by atoms with E-state index in [1.807, 2.05) is 0 Å². The monoisotopic (exact) mass is 238 g/mol. The Morgan fingerprint density at radius 2 is 2.06 bits per heavy atom. The lowest BCUT2D eigenvalue weighted by molar-refractivity contribution is -0.130. The highest BCUT2D eigenvalue weighted by Gasteiger charge is 2.47. The summed E-state index contributed by atoms with van der Waals surface area (Å²) in [5.74, 6) is 0.335. The third-order valence-electron chi connectivity index (χ3n) is 4.31. The van der Waals surface area contributed by atoms with Crippen molar-refractivity contribution in [2.24, 2.45) is 5.41 Å². The number of hydrogen-bond acceptors (Lipinski definition) is 2. The van der Waals surface area contributed by atoms with Crippen molar-refractivity contribution in [3.8, 4) is 0 Å². The third-order valence-corrected chi connectivity index (χ3v) is 4.31. The molecule has 1 saturated heterocycles. The molecule has 0 aromatic rings. The SMILES string of the molecule is CCCC1NC(C)N(CC2(CCC)CC2)C1=O. The predicted molar refractivity (Wildman–Crippen MR) is 69.6 cm³/mol. The van der Waals surface area contributed by atoms with Gasteiger partial charge in [-0.05, 0) is 38.0 Å². The standard InChI is InChI=1S/C14H26N2O/c1-4-6-12-13(17)16(11(3)15-12)10-14(7-5-2)8-9-14/h11-12,15H,4-10H2,1-3H3. The first-order valence-corrected chi connectivity index (χ1v) is 7.18. The lowest BCUT2D eigenvalue weighted by Gasteiger charge is -2.26. The first-order valence-electron chi connectivity index (χ1n) is 7.18. The molecule has 2 aliphatic rings. The van der Waals surface area contributed by atoms with Gasteiger partial charge in [-0.1, -0.05) is 26.7 Å². The van der Waals surface area contributed by atoms with Crippen LogP contribution in [0.3, 0.4) is 0 Å². The van der Waals surface area contributed by atoms with Crippen LogP contribution in [0.15, 0.2) is 0 Å². The molecule has 0 aromatic carbocycles. The van der Waals surface area contributed by atoms with Gasteiger partial charge in [0.1, 0.15) is 0 Å². The van der Waals surface area contributed by atoms with Gasteiger partial charge in [-0.15, -0.1) is 0 Å². The van der Waals surface area contributed by atoms with Gasteiger partial charge in [-0.3, -0.25) is 10.1 Å². The summed E-state index contributed by atoms with van der Waals surface area (Å²) in [6.07, 6.45) is 7.42. The highest BCUT2D eigenvalue weighted by atomic mass is 16.2. The molecule has 3 heteroatoms. The number of nitrogens with one attached hydrogen (secondary N) is 1. The molecule has 2 rings (SSSR count). The second-order valence-electron chi connectivity index (χ2n) is 5.90. The predicted octanol–water partition coefficient (Wildman–Crippen LogP) is 2.51. The van der Waals surface area contributed by atoms with Crippen molar-refractivity contribution in [3.63, 3.8) is 0 Å². The first-order chi connectivity index (χ1) is 8.12. The van der Waals surface area contributed by atoms with E-state index >= 15 is 0 Å². The molecule has 0 radical (unpaired) electrons. The van der Waals surface area contributed by atoms with Crippen LogP contribution < -0.4 is 5.32 Å². The summed E-state index contributed by atoms with van der Waals surface area (Å²) < 4.78 is 0. The average Bonchev–Trinajstić information content (AvgIpc) is 2.99. The van der Waals surface area contributed by atoms with E-state index in [0.29, 0.717) is 11.3 Å². The molecule has 0 bridgehead atoms. The molecule has 1 aliphatic heterocycles. The minimum absolute atomic E-state index is 0.0763. The Bertz CT molecular complexity index is 286. The maximum atomic E-state index is 12.3. The topological polar surface area (TPSA) is 32.3 Å². The Balaban J connectivity index is 1.94. The molecule has 3 nitrogen and oxygen atoms in total. The third kappa shape index (κ3) is 2.65. The van der Waals surface area contributed by atoms with Gasteiger partial charge in [-0.25, -0.2) is 0 Å². The van der Waals surface area contributed by atoms with Crippen LogP contribution in [0.4, 0.5) is 0 Å². The first kappa shape index (κ1) is 12.9. The zero-order valence-electron chi connectivity index (χ0n) is 11.5. The van der Waals surface area contributed by atoms with Crippen molar-refractivity contribution < 1.29 is 4.79 Å². The van der Waals surface area contributed by atoms with E-state index in [4.69, 9.17) is 0 Å². The van der Waals surface area contributed by atoms with Gasteiger partial charge in [0.25, 0.3) is 0 Å². The van der Waals surface area contributed by atoms with Crippen molar-refractivity contribution in [2.75, 3.05) is 6.54 Å². The van der Waals surface area contributed by atoms with Crippen molar-refractivity contribution in [2.45, 2.75) is 71.5 Å². The number of nitrogens with zero attached hydrogens (tertiary/aromatic N) is 1. The molecular weight excluding hydrogens is 212 g/mol. The second-order valence-corrected chi connectivity index (χ2v) is 5.90. The Morgan fingerprint density at radius 1 is 1.35 bits per heavy atom. The van der Waals surface area contributed by atoms with E-state index in [2.05, 4.69) is 31.0 Å². The number of hydrogen-bond donors (Lipinski definition) is 1. The zero-order chi connectivity index (χ0) is 12.5. The molecule has 0 aromatic heterocycles. The molecule has 1 N–H and O–H groups in total. The van der Waals surface area contributed by atoms with Gasteiger partial charge in [0.2, 0.25) is 5.91 Å². The maximum Gasteiger partial charge on any atom is 0.241 e.